The molecule has 6 aromatic rings. The van der Waals surface area contributed by atoms with E-state index in [-0.39, 0.29) is 17.1 Å². The molecule has 4 heterocycles. The molecule has 4 aromatic heterocycles. The molecule has 6 rings (SSSR count). The van der Waals surface area contributed by atoms with Gasteiger partial charge in [0.2, 0.25) is 5.91 Å². The number of aromatic nitrogens is 6. The number of nitrogens with one attached hydrogen (secondary N) is 3. The number of aromatic amines is 2. The Bertz CT molecular complexity index is 1830. The van der Waals surface area contributed by atoms with Gasteiger partial charge >= 0.3 is 0 Å². The van der Waals surface area contributed by atoms with E-state index in [4.69, 9.17) is 4.98 Å². The zero-order valence-electron chi connectivity index (χ0n) is 21.7. The van der Waals surface area contributed by atoms with Gasteiger partial charge in [0, 0.05) is 29.1 Å². The van der Waals surface area contributed by atoms with Crippen molar-refractivity contribution in [2.45, 2.75) is 27.2 Å². The molecular formula is C30H26FN7O. The van der Waals surface area contributed by atoms with Crippen LogP contribution >= 0.6 is 0 Å². The van der Waals surface area contributed by atoms with Crippen molar-refractivity contribution < 1.29 is 9.18 Å². The molecular weight excluding hydrogens is 493 g/mol. The average Bonchev–Trinajstić information content (AvgIpc) is 3.52. The van der Waals surface area contributed by atoms with Crippen molar-refractivity contribution in [1.82, 2.24) is 30.1 Å². The van der Waals surface area contributed by atoms with Gasteiger partial charge in [0.25, 0.3) is 0 Å². The van der Waals surface area contributed by atoms with Crippen molar-refractivity contribution in [2.75, 3.05) is 5.32 Å². The number of carbonyl (C=O) groups is 1. The maximum absolute atomic E-state index is 13.5. The molecule has 0 spiro atoms. The summed E-state index contributed by atoms with van der Waals surface area (Å²) in [6.45, 7) is 6.07. The van der Waals surface area contributed by atoms with Crippen molar-refractivity contribution in [1.29, 1.82) is 0 Å². The first-order chi connectivity index (χ1) is 18.7. The Hall–Kier alpha value is -4.92. The van der Waals surface area contributed by atoms with Crippen molar-refractivity contribution in [3.8, 4) is 33.9 Å². The second kappa shape index (κ2) is 9.43. The van der Waals surface area contributed by atoms with E-state index in [2.05, 4.69) is 30.5 Å². The van der Waals surface area contributed by atoms with Crippen LogP contribution in [0.5, 0.6) is 0 Å². The number of carbonyl (C=O) groups excluding carboxylic acids is 1. The van der Waals surface area contributed by atoms with Gasteiger partial charge < -0.3 is 10.3 Å². The van der Waals surface area contributed by atoms with E-state index in [0.717, 1.165) is 38.6 Å². The fourth-order valence-corrected chi connectivity index (χ4v) is 4.60. The van der Waals surface area contributed by atoms with E-state index in [9.17, 15) is 9.18 Å². The first-order valence-corrected chi connectivity index (χ1v) is 12.6. The van der Waals surface area contributed by atoms with E-state index >= 15 is 0 Å². The molecule has 8 nitrogen and oxygen atoms in total. The summed E-state index contributed by atoms with van der Waals surface area (Å²) in [5, 5.41) is 11.3. The normalized spacial score (nSPS) is 11.8. The molecule has 3 N–H and O–H groups in total. The summed E-state index contributed by atoms with van der Waals surface area (Å²) in [5.74, 6) is 0.255. The van der Waals surface area contributed by atoms with E-state index in [0.29, 0.717) is 29.3 Å². The molecule has 9 heteroatoms. The van der Waals surface area contributed by atoms with E-state index < -0.39 is 0 Å². The highest BCUT2D eigenvalue weighted by atomic mass is 19.1. The van der Waals surface area contributed by atoms with Gasteiger partial charge in [-0.15, -0.1) is 0 Å². The van der Waals surface area contributed by atoms with Crippen LogP contribution in [0, 0.1) is 11.2 Å². The van der Waals surface area contributed by atoms with Crippen LogP contribution in [0.15, 0.2) is 73.2 Å². The number of benzene rings is 2. The van der Waals surface area contributed by atoms with Crippen molar-refractivity contribution in [2.24, 2.45) is 5.41 Å². The highest BCUT2D eigenvalue weighted by molar-refractivity contribution is 5.98. The Kier molecular flexibility index (Phi) is 5.91. The van der Waals surface area contributed by atoms with Crippen LogP contribution in [0.1, 0.15) is 27.2 Å². The molecule has 0 aliphatic rings. The lowest BCUT2D eigenvalue weighted by Crippen LogP contribution is -2.19. The third-order valence-corrected chi connectivity index (χ3v) is 6.35. The Labute approximate surface area is 223 Å². The summed E-state index contributed by atoms with van der Waals surface area (Å²) in [4.78, 5) is 29.6. The standard InChI is InChI=1S/C30H26FN7O/c1-30(2,3)13-26(39)34-20-11-18(14-32-15-20)24-12-22-25(16-33-24)37-38-28(22)29-35-23-6-4-5-21(27(23)36-29)17-7-9-19(31)10-8-17/h4-12,14-16H,13H2,1-3H3,(H,34,39)(H,35,36)(H,37,38). The Balaban J connectivity index is 1.36. The van der Waals surface area contributed by atoms with Crippen LogP contribution in [-0.2, 0) is 4.79 Å². The molecule has 2 aromatic carbocycles. The van der Waals surface area contributed by atoms with Crippen molar-refractivity contribution in [3.63, 3.8) is 0 Å². The molecule has 0 fully saturated rings. The van der Waals surface area contributed by atoms with Crippen LogP contribution in [0.3, 0.4) is 0 Å². The maximum Gasteiger partial charge on any atom is 0.224 e. The molecule has 0 bridgehead atoms. The Morgan fingerprint density at radius 2 is 1.79 bits per heavy atom. The zero-order chi connectivity index (χ0) is 27.1. The number of rotatable bonds is 5. The lowest BCUT2D eigenvalue weighted by Gasteiger charge is -2.17. The highest BCUT2D eigenvalue weighted by Crippen LogP contribution is 2.33. The fraction of sp³-hybridized carbons (Fsp3) is 0.167. The molecule has 194 valence electrons. The number of imidazole rings is 1. The SMILES string of the molecule is CC(C)(C)CC(=O)Nc1cncc(-c2cc3c(-c4nc5c(-c6ccc(F)cc6)cccc5[nH]4)n[nH]c3cn2)c1. The number of amides is 1. The predicted octanol–water partition coefficient (Wildman–Crippen LogP) is 6.74. The first kappa shape index (κ1) is 24.4. The fourth-order valence-electron chi connectivity index (χ4n) is 4.60. The van der Waals surface area contributed by atoms with E-state index in [1.807, 2.05) is 51.1 Å². The summed E-state index contributed by atoms with van der Waals surface area (Å²) in [5.41, 5.74) is 6.75. The van der Waals surface area contributed by atoms with Crippen LogP contribution in [0.4, 0.5) is 10.1 Å². The summed E-state index contributed by atoms with van der Waals surface area (Å²) in [6.07, 6.45) is 5.46. The average molecular weight is 520 g/mol. The summed E-state index contributed by atoms with van der Waals surface area (Å²) in [7, 11) is 0. The summed E-state index contributed by atoms with van der Waals surface area (Å²) in [6, 6.07) is 16.0. The van der Waals surface area contributed by atoms with Crippen LogP contribution in [0.2, 0.25) is 0 Å². The number of pyridine rings is 2. The van der Waals surface area contributed by atoms with Gasteiger partial charge in [-0.05, 0) is 41.3 Å². The van der Waals surface area contributed by atoms with Crippen LogP contribution in [0.25, 0.3) is 55.8 Å². The van der Waals surface area contributed by atoms with Gasteiger partial charge in [-0.1, -0.05) is 45.0 Å². The van der Waals surface area contributed by atoms with E-state index in [1.54, 1.807) is 30.7 Å². The third-order valence-electron chi connectivity index (χ3n) is 6.35. The minimum Gasteiger partial charge on any atom is -0.337 e. The highest BCUT2D eigenvalue weighted by Gasteiger charge is 2.18. The Morgan fingerprint density at radius 1 is 0.974 bits per heavy atom. The second-order valence-corrected chi connectivity index (χ2v) is 10.7. The summed E-state index contributed by atoms with van der Waals surface area (Å²) < 4.78 is 13.5. The van der Waals surface area contributed by atoms with Crippen LogP contribution in [-0.4, -0.2) is 36.0 Å². The number of anilines is 1. The quantitative estimate of drug-likeness (QED) is 0.233. The zero-order valence-corrected chi connectivity index (χ0v) is 21.7. The number of nitrogens with zero attached hydrogens (tertiary/aromatic N) is 4. The number of hydrogen-bond donors (Lipinski definition) is 3. The number of para-hydroxylation sites is 1. The molecule has 39 heavy (non-hydrogen) atoms. The topological polar surface area (TPSA) is 112 Å². The molecule has 0 aliphatic heterocycles. The molecule has 0 aliphatic carbocycles. The van der Waals surface area contributed by atoms with Gasteiger partial charge in [0.05, 0.1) is 40.3 Å². The van der Waals surface area contributed by atoms with E-state index in [1.165, 1.54) is 12.1 Å². The number of H-pyrrole nitrogens is 2. The van der Waals surface area contributed by atoms with Crippen molar-refractivity contribution >= 4 is 33.5 Å². The lowest BCUT2D eigenvalue weighted by molar-refractivity contribution is -0.117. The Morgan fingerprint density at radius 3 is 2.59 bits per heavy atom. The molecule has 0 atom stereocenters. The van der Waals surface area contributed by atoms with Gasteiger partial charge in [0.15, 0.2) is 5.82 Å². The molecule has 0 saturated carbocycles. The largest absolute Gasteiger partial charge is 0.337 e. The maximum atomic E-state index is 13.5. The van der Waals surface area contributed by atoms with Gasteiger partial charge in [-0.3, -0.25) is 19.9 Å². The number of fused-ring (bicyclic) bond motifs is 2. The molecule has 0 unspecified atom stereocenters. The lowest BCUT2D eigenvalue weighted by atomic mass is 9.92. The second-order valence-electron chi connectivity index (χ2n) is 10.7. The number of hydrogen-bond acceptors (Lipinski definition) is 5. The first-order valence-electron chi connectivity index (χ1n) is 12.6. The third kappa shape index (κ3) is 4.98. The molecule has 1 amide bonds. The van der Waals surface area contributed by atoms with Crippen molar-refractivity contribution in [3.05, 3.63) is 79.0 Å². The summed E-state index contributed by atoms with van der Waals surface area (Å²) >= 11 is 0. The van der Waals surface area contributed by atoms with Gasteiger partial charge in [-0.25, -0.2) is 9.37 Å². The van der Waals surface area contributed by atoms with Crippen LogP contribution < -0.4 is 5.32 Å². The minimum atomic E-state index is -0.283. The van der Waals surface area contributed by atoms with Gasteiger partial charge in [0.1, 0.15) is 11.5 Å². The monoisotopic (exact) mass is 519 g/mol. The molecule has 0 saturated heterocycles. The van der Waals surface area contributed by atoms with Gasteiger partial charge in [-0.2, -0.15) is 5.10 Å². The minimum absolute atomic E-state index is 0.0631. The number of halogens is 1. The smallest absolute Gasteiger partial charge is 0.224 e. The molecule has 0 radical (unpaired) electrons. The predicted molar refractivity (Wildman–Crippen MR) is 150 cm³/mol.